The minimum Gasteiger partial charge on any atom is -0.300 e. The molecule has 1 nitrogen and oxygen atoms in total. The van der Waals surface area contributed by atoms with Gasteiger partial charge in [0.1, 0.15) is 5.78 Å². The second-order valence-electron chi connectivity index (χ2n) is 6.25. The number of rotatable bonds is 12. The lowest BCUT2D eigenvalue weighted by atomic mass is 10.0. The van der Waals surface area contributed by atoms with Gasteiger partial charge in [0, 0.05) is 12.8 Å². The van der Waals surface area contributed by atoms with Gasteiger partial charge in [-0.25, -0.2) is 0 Å². The minimum atomic E-state index is 0.477. The van der Waals surface area contributed by atoms with Gasteiger partial charge in [-0.15, -0.1) is 0 Å². The summed E-state index contributed by atoms with van der Waals surface area (Å²) >= 11 is 0. The quantitative estimate of drug-likeness (QED) is 0.429. The molecular formula is C20H32O. The molecule has 0 aromatic heterocycles. The van der Waals surface area contributed by atoms with E-state index in [2.05, 4.69) is 38.1 Å². The Labute approximate surface area is 131 Å². The zero-order chi connectivity index (χ0) is 15.3. The van der Waals surface area contributed by atoms with Gasteiger partial charge in [0.05, 0.1) is 0 Å². The van der Waals surface area contributed by atoms with Gasteiger partial charge in [0.15, 0.2) is 0 Å². The average molecular weight is 288 g/mol. The number of hydrogen-bond acceptors (Lipinski definition) is 1. The summed E-state index contributed by atoms with van der Waals surface area (Å²) < 4.78 is 0. The number of carbonyl (C=O) groups is 1. The Morgan fingerprint density at radius 2 is 1.38 bits per heavy atom. The van der Waals surface area contributed by atoms with Crippen molar-refractivity contribution in [3.8, 4) is 0 Å². The van der Waals surface area contributed by atoms with E-state index in [9.17, 15) is 4.79 Å². The zero-order valence-corrected chi connectivity index (χ0v) is 14.0. The van der Waals surface area contributed by atoms with Crippen LogP contribution in [0, 0.1) is 6.92 Å². The van der Waals surface area contributed by atoms with Gasteiger partial charge in [0.25, 0.3) is 0 Å². The van der Waals surface area contributed by atoms with E-state index in [4.69, 9.17) is 0 Å². The SMILES string of the molecule is CCCCCCC(=O)CCCCCCc1ccc(C)cc1. The second-order valence-corrected chi connectivity index (χ2v) is 6.25. The monoisotopic (exact) mass is 288 g/mol. The van der Waals surface area contributed by atoms with Crippen LogP contribution in [0.15, 0.2) is 24.3 Å². The molecule has 0 N–H and O–H groups in total. The highest BCUT2D eigenvalue weighted by Gasteiger charge is 2.01. The maximum absolute atomic E-state index is 11.7. The first-order valence-electron chi connectivity index (χ1n) is 8.79. The standard InChI is InChI=1S/C20H32O/c1-3-4-5-9-12-20(21)13-10-7-6-8-11-19-16-14-18(2)15-17-19/h14-17H,3-13H2,1-2H3. The van der Waals surface area contributed by atoms with Gasteiger partial charge in [-0.2, -0.15) is 0 Å². The van der Waals surface area contributed by atoms with E-state index in [1.54, 1.807) is 0 Å². The third-order valence-electron chi connectivity index (χ3n) is 4.10. The molecule has 118 valence electrons. The Kier molecular flexibility index (Phi) is 9.86. The molecule has 0 aliphatic rings. The van der Waals surface area contributed by atoms with E-state index in [-0.39, 0.29) is 0 Å². The number of ketones is 1. The molecule has 0 atom stereocenters. The lowest BCUT2D eigenvalue weighted by Gasteiger charge is -2.03. The molecule has 0 spiro atoms. The molecule has 1 heteroatoms. The molecule has 0 radical (unpaired) electrons. The molecule has 1 rings (SSSR count). The predicted molar refractivity (Wildman–Crippen MR) is 91.7 cm³/mol. The van der Waals surface area contributed by atoms with Crippen molar-refractivity contribution >= 4 is 5.78 Å². The molecular weight excluding hydrogens is 256 g/mol. The Morgan fingerprint density at radius 1 is 0.810 bits per heavy atom. The highest BCUT2D eigenvalue weighted by Crippen LogP contribution is 2.11. The van der Waals surface area contributed by atoms with Crippen LogP contribution in [0.1, 0.15) is 82.3 Å². The number of benzene rings is 1. The second kappa shape index (κ2) is 11.5. The molecule has 1 aromatic rings. The highest BCUT2D eigenvalue weighted by atomic mass is 16.1. The van der Waals surface area contributed by atoms with E-state index in [0.717, 1.165) is 25.7 Å². The van der Waals surface area contributed by atoms with Crippen LogP contribution >= 0.6 is 0 Å². The highest BCUT2D eigenvalue weighted by molar-refractivity contribution is 5.78. The Bertz CT molecular complexity index is 377. The largest absolute Gasteiger partial charge is 0.300 e. The van der Waals surface area contributed by atoms with E-state index in [0.29, 0.717) is 5.78 Å². The van der Waals surface area contributed by atoms with Crippen molar-refractivity contribution in [3.05, 3.63) is 35.4 Å². The van der Waals surface area contributed by atoms with Gasteiger partial charge in [0.2, 0.25) is 0 Å². The maximum Gasteiger partial charge on any atom is 0.132 e. The van der Waals surface area contributed by atoms with Crippen molar-refractivity contribution < 1.29 is 4.79 Å². The van der Waals surface area contributed by atoms with Crippen molar-refractivity contribution in [2.75, 3.05) is 0 Å². The number of unbranched alkanes of at least 4 members (excludes halogenated alkanes) is 6. The van der Waals surface area contributed by atoms with Crippen LogP contribution in [-0.4, -0.2) is 5.78 Å². The van der Waals surface area contributed by atoms with Crippen molar-refractivity contribution in [2.45, 2.75) is 84.5 Å². The van der Waals surface area contributed by atoms with Gasteiger partial charge in [-0.1, -0.05) is 68.9 Å². The van der Waals surface area contributed by atoms with Crippen LogP contribution in [0.4, 0.5) is 0 Å². The molecule has 0 fully saturated rings. The van der Waals surface area contributed by atoms with Gasteiger partial charge < -0.3 is 0 Å². The van der Waals surface area contributed by atoms with Crippen LogP contribution in [0.3, 0.4) is 0 Å². The molecule has 0 saturated heterocycles. The molecule has 21 heavy (non-hydrogen) atoms. The third-order valence-corrected chi connectivity index (χ3v) is 4.10. The number of carbonyl (C=O) groups excluding carboxylic acids is 1. The van der Waals surface area contributed by atoms with E-state index in [1.807, 2.05) is 0 Å². The summed E-state index contributed by atoms with van der Waals surface area (Å²) in [5.41, 5.74) is 2.77. The molecule has 1 aromatic carbocycles. The molecule has 0 aliphatic heterocycles. The normalized spacial score (nSPS) is 10.8. The molecule has 0 amide bonds. The third kappa shape index (κ3) is 9.44. The Morgan fingerprint density at radius 3 is 2.00 bits per heavy atom. The van der Waals surface area contributed by atoms with Crippen molar-refractivity contribution in [3.63, 3.8) is 0 Å². The van der Waals surface area contributed by atoms with Crippen LogP contribution < -0.4 is 0 Å². The van der Waals surface area contributed by atoms with Gasteiger partial charge in [-0.3, -0.25) is 4.79 Å². The molecule has 0 unspecified atom stereocenters. The summed E-state index contributed by atoms with van der Waals surface area (Å²) in [6.45, 7) is 4.33. The number of aryl methyl sites for hydroxylation is 2. The van der Waals surface area contributed by atoms with Crippen LogP contribution in [0.2, 0.25) is 0 Å². The lowest BCUT2D eigenvalue weighted by Crippen LogP contribution is -1.97. The fraction of sp³-hybridized carbons (Fsp3) is 0.650. The van der Waals surface area contributed by atoms with Gasteiger partial charge >= 0.3 is 0 Å². The lowest BCUT2D eigenvalue weighted by molar-refractivity contribution is -0.119. The van der Waals surface area contributed by atoms with E-state index in [1.165, 1.54) is 56.1 Å². The minimum absolute atomic E-state index is 0.477. The Balaban J connectivity index is 1.94. The summed E-state index contributed by atoms with van der Waals surface area (Å²) in [6.07, 6.45) is 12.4. The molecule has 0 heterocycles. The fourth-order valence-electron chi connectivity index (χ4n) is 2.63. The van der Waals surface area contributed by atoms with Crippen LogP contribution in [-0.2, 0) is 11.2 Å². The van der Waals surface area contributed by atoms with Crippen LogP contribution in [0.5, 0.6) is 0 Å². The van der Waals surface area contributed by atoms with Crippen molar-refractivity contribution in [2.24, 2.45) is 0 Å². The topological polar surface area (TPSA) is 17.1 Å². The summed E-state index contributed by atoms with van der Waals surface area (Å²) in [4.78, 5) is 11.7. The Hall–Kier alpha value is -1.11. The first-order valence-corrected chi connectivity index (χ1v) is 8.79. The summed E-state index contributed by atoms with van der Waals surface area (Å²) in [6, 6.07) is 8.84. The first-order chi connectivity index (χ1) is 10.2. The molecule has 0 aliphatic carbocycles. The predicted octanol–water partition coefficient (Wildman–Crippen LogP) is 6.03. The fourth-order valence-corrected chi connectivity index (χ4v) is 2.63. The van der Waals surface area contributed by atoms with E-state index >= 15 is 0 Å². The summed E-state index contributed by atoms with van der Waals surface area (Å²) in [7, 11) is 0. The zero-order valence-electron chi connectivity index (χ0n) is 14.0. The number of Topliss-reactive ketones (excluding diaryl/α,β-unsaturated/α-hetero) is 1. The van der Waals surface area contributed by atoms with Crippen LogP contribution in [0.25, 0.3) is 0 Å². The number of hydrogen-bond donors (Lipinski definition) is 0. The van der Waals surface area contributed by atoms with Crippen molar-refractivity contribution in [1.82, 2.24) is 0 Å². The molecule has 0 bridgehead atoms. The van der Waals surface area contributed by atoms with E-state index < -0.39 is 0 Å². The summed E-state index contributed by atoms with van der Waals surface area (Å²) in [5, 5.41) is 0. The maximum atomic E-state index is 11.7. The summed E-state index contributed by atoms with van der Waals surface area (Å²) in [5.74, 6) is 0.477. The molecule has 0 saturated carbocycles. The first kappa shape index (κ1) is 17.9. The average Bonchev–Trinajstić information content (AvgIpc) is 2.49. The van der Waals surface area contributed by atoms with Gasteiger partial charge in [-0.05, 0) is 38.2 Å². The smallest absolute Gasteiger partial charge is 0.132 e. The van der Waals surface area contributed by atoms with Crippen molar-refractivity contribution in [1.29, 1.82) is 0 Å².